The van der Waals surface area contributed by atoms with Gasteiger partial charge in [-0.25, -0.2) is 0 Å². The van der Waals surface area contributed by atoms with E-state index in [4.69, 9.17) is 0 Å². The lowest BCUT2D eigenvalue weighted by Crippen LogP contribution is -2.35. The summed E-state index contributed by atoms with van der Waals surface area (Å²) in [6, 6.07) is 18.0. The number of nitrogens with zero attached hydrogens (tertiary/aromatic N) is 2. The highest BCUT2D eigenvalue weighted by molar-refractivity contribution is 5.78. The fourth-order valence-corrected chi connectivity index (χ4v) is 2.91. The van der Waals surface area contributed by atoms with E-state index in [1.807, 2.05) is 73.3 Å². The van der Waals surface area contributed by atoms with Crippen molar-refractivity contribution >= 4 is 11.8 Å². The van der Waals surface area contributed by atoms with Crippen molar-refractivity contribution in [2.75, 3.05) is 13.1 Å². The highest BCUT2D eigenvalue weighted by Gasteiger charge is 2.16. The van der Waals surface area contributed by atoms with Gasteiger partial charge in [-0.1, -0.05) is 54.6 Å². The quantitative estimate of drug-likeness (QED) is 0.725. The molecule has 0 spiro atoms. The van der Waals surface area contributed by atoms with Gasteiger partial charge >= 0.3 is 0 Å². The van der Waals surface area contributed by atoms with Crippen molar-refractivity contribution in [1.82, 2.24) is 9.80 Å². The molecule has 0 fully saturated rings. The van der Waals surface area contributed by atoms with Crippen LogP contribution in [0.2, 0.25) is 0 Å². The van der Waals surface area contributed by atoms with Crippen molar-refractivity contribution < 1.29 is 9.59 Å². The van der Waals surface area contributed by atoms with Crippen LogP contribution in [0.5, 0.6) is 0 Å². The maximum Gasteiger partial charge on any atom is 0.224 e. The second kappa shape index (κ2) is 9.76. The molecule has 26 heavy (non-hydrogen) atoms. The van der Waals surface area contributed by atoms with Gasteiger partial charge in [-0.05, 0) is 30.5 Å². The first kappa shape index (κ1) is 19.7. The second-order valence-corrected chi connectivity index (χ2v) is 6.51. The van der Waals surface area contributed by atoms with Crippen LogP contribution in [-0.4, -0.2) is 34.7 Å². The van der Waals surface area contributed by atoms with E-state index in [1.165, 1.54) is 0 Å². The van der Waals surface area contributed by atoms with Gasteiger partial charge < -0.3 is 9.80 Å². The summed E-state index contributed by atoms with van der Waals surface area (Å²) in [5.41, 5.74) is 3.39. The van der Waals surface area contributed by atoms with Crippen LogP contribution in [0.3, 0.4) is 0 Å². The Labute approximate surface area is 156 Å². The van der Waals surface area contributed by atoms with Gasteiger partial charge in [-0.15, -0.1) is 0 Å². The third kappa shape index (κ3) is 5.73. The monoisotopic (exact) mass is 352 g/mol. The molecule has 0 aliphatic carbocycles. The van der Waals surface area contributed by atoms with E-state index in [-0.39, 0.29) is 11.8 Å². The molecule has 0 saturated heterocycles. The Morgan fingerprint density at radius 3 is 2.15 bits per heavy atom. The van der Waals surface area contributed by atoms with E-state index in [0.717, 1.165) is 16.7 Å². The summed E-state index contributed by atoms with van der Waals surface area (Å²) in [4.78, 5) is 28.2. The lowest BCUT2D eigenvalue weighted by atomic mass is 10.1. The van der Waals surface area contributed by atoms with Gasteiger partial charge in [0.15, 0.2) is 0 Å². The standard InChI is InChI=1S/C22H28N2O2/c1-4-23(16-20-11-6-5-7-12-20)22(26)14-15-24(19(3)25)17-21-13-9-8-10-18(21)2/h5-13H,4,14-17H2,1-3H3. The summed E-state index contributed by atoms with van der Waals surface area (Å²) in [5.74, 6) is 0.0690. The minimum Gasteiger partial charge on any atom is -0.339 e. The van der Waals surface area contributed by atoms with E-state index in [9.17, 15) is 9.59 Å². The summed E-state index contributed by atoms with van der Waals surface area (Å²) in [5, 5.41) is 0. The van der Waals surface area contributed by atoms with Crippen molar-refractivity contribution in [3.05, 3.63) is 71.3 Å². The maximum atomic E-state index is 12.6. The summed E-state index contributed by atoms with van der Waals surface area (Å²) in [6.07, 6.45) is 0.339. The fraction of sp³-hybridized carbons (Fsp3) is 0.364. The number of hydrogen-bond donors (Lipinski definition) is 0. The van der Waals surface area contributed by atoms with Crippen molar-refractivity contribution in [2.24, 2.45) is 0 Å². The van der Waals surface area contributed by atoms with Crippen LogP contribution in [-0.2, 0) is 22.7 Å². The molecule has 4 nitrogen and oxygen atoms in total. The largest absolute Gasteiger partial charge is 0.339 e. The van der Waals surface area contributed by atoms with Crippen LogP contribution >= 0.6 is 0 Å². The Hall–Kier alpha value is -2.62. The molecule has 0 aliphatic rings. The van der Waals surface area contributed by atoms with Crippen LogP contribution in [0, 0.1) is 6.92 Å². The smallest absolute Gasteiger partial charge is 0.224 e. The predicted octanol–water partition coefficient (Wildman–Crippen LogP) is 3.78. The molecule has 2 aromatic rings. The van der Waals surface area contributed by atoms with E-state index in [0.29, 0.717) is 32.6 Å². The minimum atomic E-state index is -0.00726. The Morgan fingerprint density at radius 2 is 1.54 bits per heavy atom. The van der Waals surface area contributed by atoms with E-state index in [1.54, 1.807) is 11.8 Å². The van der Waals surface area contributed by atoms with Gasteiger partial charge in [0, 0.05) is 39.5 Å². The molecule has 0 saturated carbocycles. The number of carbonyl (C=O) groups excluding carboxylic acids is 2. The maximum absolute atomic E-state index is 12.6. The Bertz CT molecular complexity index is 728. The van der Waals surface area contributed by atoms with Gasteiger partial charge in [-0.2, -0.15) is 0 Å². The third-order valence-corrected chi connectivity index (χ3v) is 4.61. The van der Waals surface area contributed by atoms with E-state index >= 15 is 0 Å². The van der Waals surface area contributed by atoms with Crippen LogP contribution < -0.4 is 0 Å². The third-order valence-electron chi connectivity index (χ3n) is 4.61. The van der Waals surface area contributed by atoms with E-state index in [2.05, 4.69) is 0 Å². The molecular weight excluding hydrogens is 324 g/mol. The summed E-state index contributed by atoms with van der Waals surface area (Å²) in [6.45, 7) is 7.83. The van der Waals surface area contributed by atoms with Gasteiger partial charge in [0.05, 0.1) is 0 Å². The topological polar surface area (TPSA) is 40.6 Å². The van der Waals surface area contributed by atoms with Crippen molar-refractivity contribution in [3.63, 3.8) is 0 Å². The number of aryl methyl sites for hydroxylation is 1. The minimum absolute atomic E-state index is 0.00726. The first-order chi connectivity index (χ1) is 12.5. The SMILES string of the molecule is CCN(Cc1ccccc1)C(=O)CCN(Cc1ccccc1C)C(C)=O. The molecule has 0 aliphatic heterocycles. The molecule has 0 heterocycles. The first-order valence-electron chi connectivity index (χ1n) is 9.13. The molecule has 4 heteroatoms. The molecule has 0 unspecified atom stereocenters. The van der Waals surface area contributed by atoms with Crippen LogP contribution in [0.25, 0.3) is 0 Å². The Morgan fingerprint density at radius 1 is 0.885 bits per heavy atom. The number of hydrogen-bond acceptors (Lipinski definition) is 2. The highest BCUT2D eigenvalue weighted by atomic mass is 16.2. The number of carbonyl (C=O) groups is 2. The highest BCUT2D eigenvalue weighted by Crippen LogP contribution is 2.12. The zero-order valence-corrected chi connectivity index (χ0v) is 15.9. The molecule has 2 amide bonds. The molecule has 0 radical (unpaired) electrons. The van der Waals surface area contributed by atoms with E-state index < -0.39 is 0 Å². The molecule has 0 bridgehead atoms. The molecule has 0 atom stereocenters. The van der Waals surface area contributed by atoms with Crippen molar-refractivity contribution in [3.8, 4) is 0 Å². The summed E-state index contributed by atoms with van der Waals surface area (Å²) in [7, 11) is 0. The van der Waals surface area contributed by atoms with Gasteiger partial charge in [-0.3, -0.25) is 9.59 Å². The van der Waals surface area contributed by atoms with Crippen molar-refractivity contribution in [2.45, 2.75) is 40.3 Å². The molecule has 2 aromatic carbocycles. The summed E-state index contributed by atoms with van der Waals surface area (Å²) < 4.78 is 0. The molecule has 138 valence electrons. The zero-order valence-electron chi connectivity index (χ0n) is 15.9. The van der Waals surface area contributed by atoms with Crippen LogP contribution in [0.1, 0.15) is 37.0 Å². The van der Waals surface area contributed by atoms with Crippen molar-refractivity contribution in [1.29, 1.82) is 0 Å². The normalized spacial score (nSPS) is 10.4. The average Bonchev–Trinajstić information content (AvgIpc) is 2.64. The molecule has 0 aromatic heterocycles. The number of rotatable bonds is 8. The molecule has 0 N–H and O–H groups in total. The molecule has 2 rings (SSSR count). The van der Waals surface area contributed by atoms with Gasteiger partial charge in [0.2, 0.25) is 11.8 Å². The Balaban J connectivity index is 1.95. The molecular formula is C22H28N2O2. The lowest BCUT2D eigenvalue weighted by molar-refractivity contribution is -0.134. The first-order valence-corrected chi connectivity index (χ1v) is 9.13. The Kier molecular flexibility index (Phi) is 7.39. The number of amides is 2. The lowest BCUT2D eigenvalue weighted by Gasteiger charge is -2.25. The van der Waals surface area contributed by atoms with Crippen LogP contribution in [0.15, 0.2) is 54.6 Å². The van der Waals surface area contributed by atoms with Gasteiger partial charge in [0.25, 0.3) is 0 Å². The van der Waals surface area contributed by atoms with Crippen LogP contribution in [0.4, 0.5) is 0 Å². The zero-order chi connectivity index (χ0) is 18.9. The van der Waals surface area contributed by atoms with Gasteiger partial charge in [0.1, 0.15) is 0 Å². The second-order valence-electron chi connectivity index (χ2n) is 6.51. The summed E-state index contributed by atoms with van der Waals surface area (Å²) >= 11 is 0. The number of benzene rings is 2. The fourth-order valence-electron chi connectivity index (χ4n) is 2.91. The predicted molar refractivity (Wildman–Crippen MR) is 104 cm³/mol. The average molecular weight is 352 g/mol.